The van der Waals surface area contributed by atoms with Crippen LogP contribution in [0.4, 0.5) is 4.39 Å². The summed E-state index contributed by atoms with van der Waals surface area (Å²) in [5.41, 5.74) is 3.13. The van der Waals surface area contributed by atoms with E-state index >= 15 is 0 Å². The van der Waals surface area contributed by atoms with E-state index in [-0.39, 0.29) is 18.9 Å². The van der Waals surface area contributed by atoms with Crippen molar-refractivity contribution in [2.75, 3.05) is 6.54 Å². The predicted molar refractivity (Wildman–Crippen MR) is 134 cm³/mol. The second-order valence-corrected chi connectivity index (χ2v) is 9.95. The number of benzene rings is 2. The summed E-state index contributed by atoms with van der Waals surface area (Å²) in [4.78, 5) is 41.8. The first-order valence-electron chi connectivity index (χ1n) is 11.4. The minimum atomic E-state index is -0.621. The number of rotatable bonds is 7. The van der Waals surface area contributed by atoms with E-state index in [9.17, 15) is 18.8 Å². The van der Waals surface area contributed by atoms with Crippen molar-refractivity contribution in [3.63, 3.8) is 0 Å². The summed E-state index contributed by atoms with van der Waals surface area (Å²) >= 11 is 1.35. The van der Waals surface area contributed by atoms with E-state index in [2.05, 4.69) is 10.4 Å². The monoisotopic (exact) mass is 502 g/mol. The molecule has 0 radical (unpaired) electrons. The Morgan fingerprint density at radius 2 is 1.75 bits per heavy atom. The lowest BCUT2D eigenvalue weighted by Crippen LogP contribution is -2.46. The van der Waals surface area contributed by atoms with Gasteiger partial charge in [-0.2, -0.15) is 5.10 Å². The van der Waals surface area contributed by atoms with Crippen molar-refractivity contribution in [3.8, 4) is 11.3 Å². The van der Waals surface area contributed by atoms with Gasteiger partial charge in [0.1, 0.15) is 5.82 Å². The first-order valence-corrected chi connectivity index (χ1v) is 12.2. The normalized spacial score (nSPS) is 13.7. The molecule has 1 atom stereocenters. The quantitative estimate of drug-likeness (QED) is 0.383. The molecule has 2 aromatic carbocycles. The number of hydrogen-bond acceptors (Lipinski definition) is 5. The van der Waals surface area contributed by atoms with Gasteiger partial charge in [0.15, 0.2) is 0 Å². The molecule has 0 saturated heterocycles. The van der Waals surface area contributed by atoms with Gasteiger partial charge in [-0.15, -0.1) is 11.3 Å². The fourth-order valence-corrected chi connectivity index (χ4v) is 5.41. The molecule has 2 aromatic heterocycles. The summed E-state index contributed by atoms with van der Waals surface area (Å²) in [7, 11) is 1.84. The SMILES string of the molecule is Cc1sc(C(=O)N[C@@H](Cc2cccc(F)c2)CN2C(=O)c3ccccc3C2=O)cc1-c1ccnn1C. The van der Waals surface area contributed by atoms with E-state index in [0.717, 1.165) is 21.0 Å². The van der Waals surface area contributed by atoms with E-state index in [1.54, 1.807) is 47.3 Å². The van der Waals surface area contributed by atoms with Gasteiger partial charge < -0.3 is 5.32 Å². The van der Waals surface area contributed by atoms with Crippen LogP contribution in [0.15, 0.2) is 66.9 Å². The van der Waals surface area contributed by atoms with Crippen LogP contribution >= 0.6 is 11.3 Å². The molecule has 9 heteroatoms. The van der Waals surface area contributed by atoms with E-state index in [0.29, 0.717) is 21.6 Å². The number of aryl methyl sites for hydroxylation is 2. The van der Waals surface area contributed by atoms with Crippen LogP contribution in [0, 0.1) is 12.7 Å². The number of fused-ring (bicyclic) bond motifs is 1. The van der Waals surface area contributed by atoms with Gasteiger partial charge in [-0.3, -0.25) is 24.0 Å². The largest absolute Gasteiger partial charge is 0.346 e. The molecule has 36 heavy (non-hydrogen) atoms. The van der Waals surface area contributed by atoms with Crippen molar-refractivity contribution in [1.82, 2.24) is 20.0 Å². The molecule has 0 fully saturated rings. The number of carbonyl (C=O) groups is 3. The molecule has 1 aliphatic heterocycles. The van der Waals surface area contributed by atoms with Gasteiger partial charge in [0.05, 0.1) is 27.7 Å². The third-order valence-electron chi connectivity index (χ3n) is 6.23. The molecule has 0 saturated carbocycles. The fraction of sp³-hybridized carbons (Fsp3) is 0.185. The standard InChI is InChI=1S/C27H23FN4O3S/c1-16-22(23-10-11-29-31(23)2)14-24(36-16)25(33)30-19(13-17-6-5-7-18(28)12-17)15-32-26(34)20-8-3-4-9-21(20)27(32)35/h3-12,14,19H,13,15H2,1-2H3,(H,30,33)/t19-/m0/s1. The average Bonchev–Trinajstić information content (AvgIpc) is 3.52. The summed E-state index contributed by atoms with van der Waals surface area (Å²) in [6.07, 6.45) is 1.94. The summed E-state index contributed by atoms with van der Waals surface area (Å²) < 4.78 is 15.6. The van der Waals surface area contributed by atoms with E-state index < -0.39 is 23.7 Å². The number of nitrogens with one attached hydrogen (secondary N) is 1. The number of aromatic nitrogens is 2. The molecule has 1 aliphatic rings. The Hall–Kier alpha value is -4.11. The Labute approximate surface area is 211 Å². The molecule has 0 unspecified atom stereocenters. The third-order valence-corrected chi connectivity index (χ3v) is 7.28. The van der Waals surface area contributed by atoms with Crippen LogP contribution in [0.1, 0.15) is 40.8 Å². The maximum Gasteiger partial charge on any atom is 0.261 e. The van der Waals surface area contributed by atoms with Crippen LogP contribution in [-0.2, 0) is 13.5 Å². The summed E-state index contributed by atoms with van der Waals surface area (Å²) in [5, 5.41) is 7.18. The van der Waals surface area contributed by atoms with Gasteiger partial charge in [-0.25, -0.2) is 4.39 Å². The number of imide groups is 1. The summed E-state index contributed by atoms with van der Waals surface area (Å²) in [6, 6.07) is 15.8. The molecule has 3 amide bonds. The fourth-order valence-electron chi connectivity index (χ4n) is 4.48. The minimum Gasteiger partial charge on any atom is -0.346 e. The summed E-state index contributed by atoms with van der Waals surface area (Å²) in [6.45, 7) is 1.90. The molecule has 4 aromatic rings. The highest BCUT2D eigenvalue weighted by Gasteiger charge is 2.36. The van der Waals surface area contributed by atoms with Crippen molar-refractivity contribution >= 4 is 29.1 Å². The van der Waals surface area contributed by atoms with E-state index in [1.807, 2.05) is 26.1 Å². The van der Waals surface area contributed by atoms with E-state index in [4.69, 9.17) is 0 Å². The van der Waals surface area contributed by atoms with Gasteiger partial charge in [-0.1, -0.05) is 24.3 Å². The Morgan fingerprint density at radius 1 is 1.03 bits per heavy atom. The second-order valence-electron chi connectivity index (χ2n) is 8.69. The first kappa shape index (κ1) is 23.6. The number of carbonyl (C=O) groups excluding carboxylic acids is 3. The Balaban J connectivity index is 1.41. The molecule has 0 aliphatic carbocycles. The zero-order valence-electron chi connectivity index (χ0n) is 19.7. The smallest absolute Gasteiger partial charge is 0.261 e. The summed E-state index contributed by atoms with van der Waals surface area (Å²) in [5.74, 6) is -1.53. The highest BCUT2D eigenvalue weighted by atomic mass is 32.1. The maximum atomic E-state index is 13.9. The van der Waals surface area contributed by atoms with Crippen molar-refractivity contribution in [2.45, 2.75) is 19.4 Å². The number of nitrogens with zero attached hydrogens (tertiary/aromatic N) is 3. The highest BCUT2D eigenvalue weighted by molar-refractivity contribution is 7.14. The lowest BCUT2D eigenvalue weighted by molar-refractivity contribution is 0.0629. The van der Waals surface area contributed by atoms with Crippen LogP contribution in [0.2, 0.25) is 0 Å². The molecule has 5 rings (SSSR count). The van der Waals surface area contributed by atoms with Crippen LogP contribution < -0.4 is 5.32 Å². The molecule has 7 nitrogen and oxygen atoms in total. The Bertz CT molecular complexity index is 1460. The van der Waals surface area contributed by atoms with Crippen LogP contribution in [-0.4, -0.2) is 45.0 Å². The van der Waals surface area contributed by atoms with Crippen LogP contribution in [0.25, 0.3) is 11.3 Å². The van der Waals surface area contributed by atoms with E-state index in [1.165, 1.54) is 23.5 Å². The number of amides is 3. The van der Waals surface area contributed by atoms with Gasteiger partial charge in [0.2, 0.25) is 0 Å². The van der Waals surface area contributed by atoms with Gasteiger partial charge in [0, 0.05) is 30.2 Å². The first-order chi connectivity index (χ1) is 17.3. The average molecular weight is 503 g/mol. The molecule has 1 N–H and O–H groups in total. The van der Waals surface area contributed by atoms with Crippen molar-refractivity contribution in [1.29, 1.82) is 0 Å². The maximum absolute atomic E-state index is 13.9. The van der Waals surface area contributed by atoms with Crippen molar-refractivity contribution in [3.05, 3.63) is 99.1 Å². The zero-order chi connectivity index (χ0) is 25.4. The van der Waals surface area contributed by atoms with Gasteiger partial charge >= 0.3 is 0 Å². The molecule has 0 bridgehead atoms. The van der Waals surface area contributed by atoms with Crippen LogP contribution in [0.3, 0.4) is 0 Å². The number of thiophene rings is 1. The molecular formula is C27H23FN4O3S. The van der Waals surface area contributed by atoms with Crippen molar-refractivity contribution < 1.29 is 18.8 Å². The highest BCUT2D eigenvalue weighted by Crippen LogP contribution is 2.31. The van der Waals surface area contributed by atoms with Crippen molar-refractivity contribution in [2.24, 2.45) is 7.05 Å². The lowest BCUT2D eigenvalue weighted by atomic mass is 10.0. The lowest BCUT2D eigenvalue weighted by Gasteiger charge is -2.24. The van der Waals surface area contributed by atoms with Crippen LogP contribution in [0.5, 0.6) is 0 Å². The molecule has 182 valence electrons. The topological polar surface area (TPSA) is 84.3 Å². The Morgan fingerprint density at radius 3 is 2.39 bits per heavy atom. The molecule has 3 heterocycles. The molecular weight excluding hydrogens is 479 g/mol. The number of halogens is 1. The zero-order valence-corrected chi connectivity index (χ0v) is 20.5. The second kappa shape index (κ2) is 9.50. The Kier molecular flexibility index (Phi) is 6.24. The molecule has 0 spiro atoms. The van der Waals surface area contributed by atoms with Gasteiger partial charge in [0.25, 0.3) is 17.7 Å². The number of hydrogen-bond donors (Lipinski definition) is 1. The predicted octanol–water partition coefficient (Wildman–Crippen LogP) is 4.23. The minimum absolute atomic E-state index is 0.0342. The van der Waals surface area contributed by atoms with Gasteiger partial charge in [-0.05, 0) is 55.3 Å². The third kappa shape index (κ3) is 4.45.